The first-order valence-electron chi connectivity index (χ1n) is 9.95. The van der Waals surface area contributed by atoms with E-state index in [-0.39, 0.29) is 24.8 Å². The van der Waals surface area contributed by atoms with Crippen LogP contribution in [0.4, 0.5) is 13.2 Å². The average molecular weight is 457 g/mol. The number of likely N-dealkylation sites (tertiary alicyclic amines) is 1. The molecular weight excluding hydrogens is 431 g/mol. The lowest BCUT2D eigenvalue weighted by Crippen LogP contribution is -2.43. The number of rotatable bonds is 5. The van der Waals surface area contributed by atoms with Gasteiger partial charge in [-0.3, -0.25) is 14.4 Å². The van der Waals surface area contributed by atoms with Crippen LogP contribution in [0.25, 0.3) is 11.0 Å². The molecule has 0 spiro atoms. The minimum absolute atomic E-state index is 0.102. The number of imidazole rings is 1. The first kappa shape index (κ1) is 25.1. The van der Waals surface area contributed by atoms with Crippen LogP contribution in [0.15, 0.2) is 24.3 Å². The monoisotopic (exact) mass is 457 g/mol. The van der Waals surface area contributed by atoms with E-state index in [0.29, 0.717) is 31.8 Å². The minimum Gasteiger partial charge on any atom is -0.483 e. The van der Waals surface area contributed by atoms with Crippen molar-refractivity contribution in [2.75, 3.05) is 26.7 Å². The van der Waals surface area contributed by atoms with Gasteiger partial charge in [-0.05, 0) is 32.0 Å². The van der Waals surface area contributed by atoms with Gasteiger partial charge < -0.3 is 25.6 Å². The maximum Gasteiger partial charge on any atom is 0.405 e. The van der Waals surface area contributed by atoms with E-state index in [1.54, 1.807) is 7.05 Å². The van der Waals surface area contributed by atoms with Crippen LogP contribution < -0.4 is 10.6 Å². The molecule has 0 saturated carbocycles. The highest BCUT2D eigenvalue weighted by atomic mass is 19.4. The summed E-state index contributed by atoms with van der Waals surface area (Å²) in [7, 11) is 1.79. The number of halogens is 3. The molecule has 3 rings (SSSR count). The Morgan fingerprint density at radius 3 is 2.62 bits per heavy atom. The fourth-order valence-corrected chi connectivity index (χ4v) is 3.60. The summed E-state index contributed by atoms with van der Waals surface area (Å²) in [5, 5.41) is 11.8. The van der Waals surface area contributed by atoms with Crippen molar-refractivity contribution in [2.45, 2.75) is 31.5 Å². The van der Waals surface area contributed by atoms with Crippen molar-refractivity contribution in [2.24, 2.45) is 5.92 Å². The third-order valence-electron chi connectivity index (χ3n) is 4.89. The molecule has 1 fully saturated rings. The summed E-state index contributed by atoms with van der Waals surface area (Å²) >= 11 is 0. The SMILES string of the molecule is CN1C[C@@H](NC(=O)Cc2nc3ccccc3[nH]2)CC[C@@H](C(=O)NCC(F)(F)F)C1.O=CO. The molecule has 0 radical (unpaired) electrons. The Morgan fingerprint density at radius 1 is 1.28 bits per heavy atom. The molecule has 2 amide bonds. The topological polar surface area (TPSA) is 127 Å². The predicted molar refractivity (Wildman–Crippen MR) is 110 cm³/mol. The van der Waals surface area contributed by atoms with Crippen LogP contribution in [0.5, 0.6) is 0 Å². The van der Waals surface area contributed by atoms with Crippen molar-refractivity contribution >= 4 is 29.3 Å². The molecule has 4 N–H and O–H groups in total. The number of benzene rings is 1. The maximum absolute atomic E-state index is 12.4. The lowest BCUT2D eigenvalue weighted by molar-refractivity contribution is -0.141. The summed E-state index contributed by atoms with van der Waals surface area (Å²) in [5.41, 5.74) is 1.65. The number of hydrogen-bond donors (Lipinski definition) is 4. The van der Waals surface area contributed by atoms with E-state index in [9.17, 15) is 22.8 Å². The van der Waals surface area contributed by atoms with Gasteiger partial charge in [-0.2, -0.15) is 13.2 Å². The van der Waals surface area contributed by atoms with Gasteiger partial charge in [0.2, 0.25) is 11.8 Å². The molecule has 12 heteroatoms. The number of carbonyl (C=O) groups is 3. The number of likely N-dealkylation sites (N-methyl/N-ethyl adjacent to an activating group) is 1. The minimum atomic E-state index is -4.43. The zero-order chi connectivity index (χ0) is 23.7. The molecule has 0 bridgehead atoms. The number of H-pyrrole nitrogens is 1. The number of nitrogens with zero attached hydrogens (tertiary/aromatic N) is 2. The average Bonchev–Trinajstić information content (AvgIpc) is 3.01. The number of para-hydroxylation sites is 2. The molecule has 1 aromatic heterocycles. The van der Waals surface area contributed by atoms with Crippen molar-refractivity contribution in [1.82, 2.24) is 25.5 Å². The van der Waals surface area contributed by atoms with E-state index in [0.717, 1.165) is 11.0 Å². The Labute approximate surface area is 182 Å². The summed E-state index contributed by atoms with van der Waals surface area (Å²) in [6.45, 7) is -0.710. The van der Waals surface area contributed by atoms with E-state index in [4.69, 9.17) is 9.90 Å². The van der Waals surface area contributed by atoms with Crippen LogP contribution in [0.2, 0.25) is 0 Å². The Kier molecular flexibility index (Phi) is 9.00. The van der Waals surface area contributed by atoms with E-state index < -0.39 is 24.5 Å². The Hall–Kier alpha value is -3.15. The van der Waals surface area contributed by atoms with Gasteiger partial charge in [0.05, 0.1) is 23.4 Å². The fourth-order valence-electron chi connectivity index (χ4n) is 3.60. The molecule has 1 aliphatic rings. The second-order valence-corrected chi connectivity index (χ2v) is 7.58. The summed E-state index contributed by atoms with van der Waals surface area (Å²) < 4.78 is 36.9. The van der Waals surface area contributed by atoms with Gasteiger partial charge in [-0.25, -0.2) is 4.98 Å². The molecule has 1 aromatic carbocycles. The van der Waals surface area contributed by atoms with Crippen LogP contribution >= 0.6 is 0 Å². The zero-order valence-electron chi connectivity index (χ0n) is 17.5. The van der Waals surface area contributed by atoms with Gasteiger partial charge in [0.15, 0.2) is 0 Å². The molecule has 176 valence electrons. The summed E-state index contributed by atoms with van der Waals surface area (Å²) in [6, 6.07) is 7.31. The van der Waals surface area contributed by atoms with Crippen molar-refractivity contribution in [3.63, 3.8) is 0 Å². The van der Waals surface area contributed by atoms with Crippen molar-refractivity contribution < 1.29 is 32.7 Å². The lowest BCUT2D eigenvalue weighted by Gasteiger charge is -2.22. The van der Waals surface area contributed by atoms with Crippen LogP contribution in [0.3, 0.4) is 0 Å². The summed E-state index contributed by atoms with van der Waals surface area (Å²) in [6.07, 6.45) is -3.41. The number of carbonyl (C=O) groups excluding carboxylic acids is 2. The number of fused-ring (bicyclic) bond motifs is 1. The van der Waals surface area contributed by atoms with E-state index >= 15 is 0 Å². The number of amides is 2. The van der Waals surface area contributed by atoms with Crippen LogP contribution in [-0.4, -0.2) is 77.2 Å². The highest BCUT2D eigenvalue weighted by Gasteiger charge is 2.32. The molecule has 32 heavy (non-hydrogen) atoms. The third kappa shape index (κ3) is 8.17. The maximum atomic E-state index is 12.4. The number of nitrogens with one attached hydrogen (secondary N) is 3. The van der Waals surface area contributed by atoms with Crippen molar-refractivity contribution in [3.05, 3.63) is 30.1 Å². The van der Waals surface area contributed by atoms with Gasteiger partial charge in [-0.15, -0.1) is 0 Å². The van der Waals surface area contributed by atoms with Gasteiger partial charge >= 0.3 is 6.18 Å². The highest BCUT2D eigenvalue weighted by Crippen LogP contribution is 2.18. The largest absolute Gasteiger partial charge is 0.483 e. The molecule has 2 atom stereocenters. The van der Waals surface area contributed by atoms with Crippen LogP contribution in [-0.2, 0) is 20.8 Å². The van der Waals surface area contributed by atoms with Gasteiger partial charge in [0, 0.05) is 19.1 Å². The quantitative estimate of drug-likeness (QED) is 0.502. The standard InChI is InChI=1S/C19H24F3N5O2.CH2O2/c1-27-9-12(18(29)23-11-19(20,21)22)6-7-13(10-27)24-17(28)8-16-25-14-4-2-3-5-15(14)26-16;2-1-3/h2-5,12-13H,6-11H2,1H3,(H,23,29)(H,24,28)(H,25,26);1H,(H,2,3)/t12-,13+;/m1./s1. The van der Waals surface area contributed by atoms with E-state index in [1.807, 2.05) is 34.5 Å². The van der Waals surface area contributed by atoms with E-state index in [2.05, 4.69) is 15.3 Å². The molecule has 0 unspecified atom stereocenters. The normalized spacial score (nSPS) is 19.4. The molecule has 9 nitrogen and oxygen atoms in total. The summed E-state index contributed by atoms with van der Waals surface area (Å²) in [5.74, 6) is -0.777. The lowest BCUT2D eigenvalue weighted by atomic mass is 10.0. The third-order valence-corrected chi connectivity index (χ3v) is 4.89. The zero-order valence-corrected chi connectivity index (χ0v) is 17.5. The molecule has 2 heterocycles. The van der Waals surface area contributed by atoms with E-state index in [1.165, 1.54) is 0 Å². The number of hydrogen-bond acceptors (Lipinski definition) is 5. The molecule has 0 aliphatic carbocycles. The Morgan fingerprint density at radius 2 is 1.97 bits per heavy atom. The Bertz CT molecular complexity index is 885. The number of aromatic nitrogens is 2. The predicted octanol–water partition coefficient (Wildman–Crippen LogP) is 1.31. The Balaban J connectivity index is 0.00000114. The van der Waals surface area contributed by atoms with Gasteiger partial charge in [0.25, 0.3) is 6.47 Å². The van der Waals surface area contributed by atoms with Crippen LogP contribution in [0, 0.1) is 5.92 Å². The second-order valence-electron chi connectivity index (χ2n) is 7.58. The smallest absolute Gasteiger partial charge is 0.405 e. The van der Waals surface area contributed by atoms with Gasteiger partial charge in [-0.1, -0.05) is 12.1 Å². The van der Waals surface area contributed by atoms with Gasteiger partial charge in [0.1, 0.15) is 12.4 Å². The number of alkyl halides is 3. The van der Waals surface area contributed by atoms with Crippen molar-refractivity contribution in [3.8, 4) is 0 Å². The molecule has 1 aliphatic heterocycles. The molecule has 2 aromatic rings. The summed E-state index contributed by atoms with van der Waals surface area (Å²) in [4.78, 5) is 42.2. The first-order valence-corrected chi connectivity index (χ1v) is 9.95. The first-order chi connectivity index (χ1) is 15.1. The molecule has 1 saturated heterocycles. The fraction of sp³-hybridized carbons (Fsp3) is 0.500. The second kappa shape index (κ2) is 11.5. The van der Waals surface area contributed by atoms with Crippen LogP contribution in [0.1, 0.15) is 18.7 Å². The highest BCUT2D eigenvalue weighted by molar-refractivity contribution is 5.81. The number of aromatic amines is 1. The number of carboxylic acid groups (broad SMARTS) is 1. The van der Waals surface area contributed by atoms with Crippen molar-refractivity contribution in [1.29, 1.82) is 0 Å². The molecular formula is C20H26F3N5O4.